The number of hydrogen-bond donors (Lipinski definition) is 1. The summed E-state index contributed by atoms with van der Waals surface area (Å²) in [5, 5.41) is 0. The second-order valence-corrected chi connectivity index (χ2v) is 4.37. The van der Waals surface area contributed by atoms with Gasteiger partial charge in [-0.3, -0.25) is 0 Å². The third-order valence-electron chi connectivity index (χ3n) is 3.05. The van der Waals surface area contributed by atoms with E-state index in [-0.39, 0.29) is 0 Å². The quantitative estimate of drug-likeness (QED) is 0.710. The van der Waals surface area contributed by atoms with Gasteiger partial charge in [0.15, 0.2) is 0 Å². The predicted molar refractivity (Wildman–Crippen MR) is 71.5 cm³/mol. The second-order valence-electron chi connectivity index (χ2n) is 4.37. The van der Waals surface area contributed by atoms with Crippen LogP contribution in [0, 0.1) is 0 Å². The van der Waals surface area contributed by atoms with Crippen LogP contribution >= 0.6 is 0 Å². The topological polar surface area (TPSA) is 26.0 Å². The van der Waals surface area contributed by atoms with Gasteiger partial charge in [0.05, 0.1) is 0 Å². The lowest BCUT2D eigenvalue weighted by Crippen LogP contribution is -2.31. The number of rotatable bonds is 1. The Morgan fingerprint density at radius 1 is 1.19 bits per heavy atom. The summed E-state index contributed by atoms with van der Waals surface area (Å²) in [6, 6.07) is 11.1. The molecule has 1 aliphatic carbocycles. The predicted octanol–water partition coefficient (Wildman–Crippen LogP) is 3.86. The molecular weight excluding hydrogens is 194 g/mol. The van der Waals surface area contributed by atoms with Crippen molar-refractivity contribution in [3.63, 3.8) is 0 Å². The van der Waals surface area contributed by atoms with Gasteiger partial charge in [-0.1, -0.05) is 49.2 Å². The molecule has 1 aromatic carbocycles. The third-order valence-corrected chi connectivity index (χ3v) is 3.05. The molecule has 0 spiro atoms. The summed E-state index contributed by atoms with van der Waals surface area (Å²) in [5.74, 6) is 0.606. The zero-order valence-electron chi connectivity index (χ0n) is 10.2. The maximum absolute atomic E-state index is 6.11. The van der Waals surface area contributed by atoms with E-state index >= 15 is 0 Å². The maximum Gasteiger partial charge on any atom is 0.0108 e. The van der Waals surface area contributed by atoms with Crippen LogP contribution in [-0.4, -0.2) is 6.04 Å². The SMILES string of the molecule is C=CC.NC1CCCCC1c1ccccc1. The van der Waals surface area contributed by atoms with Crippen molar-refractivity contribution in [1.82, 2.24) is 0 Å². The van der Waals surface area contributed by atoms with Crippen LogP contribution in [0.5, 0.6) is 0 Å². The van der Waals surface area contributed by atoms with Crippen molar-refractivity contribution < 1.29 is 0 Å². The molecule has 0 heterocycles. The first-order valence-corrected chi connectivity index (χ1v) is 6.17. The van der Waals surface area contributed by atoms with E-state index < -0.39 is 0 Å². The highest BCUT2D eigenvalue weighted by atomic mass is 14.7. The molecule has 16 heavy (non-hydrogen) atoms. The van der Waals surface area contributed by atoms with Gasteiger partial charge in [-0.25, -0.2) is 0 Å². The highest BCUT2D eigenvalue weighted by Gasteiger charge is 2.22. The van der Waals surface area contributed by atoms with E-state index in [0.29, 0.717) is 12.0 Å². The molecule has 1 heteroatoms. The number of benzene rings is 1. The fourth-order valence-electron chi connectivity index (χ4n) is 2.27. The van der Waals surface area contributed by atoms with E-state index in [2.05, 4.69) is 36.9 Å². The summed E-state index contributed by atoms with van der Waals surface area (Å²) in [5.41, 5.74) is 7.54. The molecule has 2 rings (SSSR count). The Hall–Kier alpha value is -1.08. The Morgan fingerprint density at radius 2 is 1.75 bits per heavy atom. The van der Waals surface area contributed by atoms with Crippen LogP contribution in [0.3, 0.4) is 0 Å². The third kappa shape index (κ3) is 3.82. The summed E-state index contributed by atoms with van der Waals surface area (Å²) in [4.78, 5) is 0. The molecule has 1 fully saturated rings. The Balaban J connectivity index is 0.000000386. The molecular formula is C15H23N. The van der Waals surface area contributed by atoms with E-state index in [9.17, 15) is 0 Å². The molecule has 2 atom stereocenters. The van der Waals surface area contributed by atoms with E-state index in [4.69, 9.17) is 5.73 Å². The Bertz CT molecular complexity index is 292. The van der Waals surface area contributed by atoms with Crippen molar-refractivity contribution >= 4 is 0 Å². The minimum atomic E-state index is 0.385. The standard InChI is InChI=1S/C12H17N.C3H6/c13-12-9-5-4-8-11(12)10-6-2-1-3-7-10;1-3-2/h1-3,6-7,11-12H,4-5,8-9,13H2;3H,1H2,2H3. The largest absolute Gasteiger partial charge is 0.327 e. The number of hydrogen-bond acceptors (Lipinski definition) is 1. The first kappa shape index (κ1) is 13.0. The number of nitrogens with two attached hydrogens (primary N) is 1. The van der Waals surface area contributed by atoms with E-state index in [1.807, 2.05) is 6.92 Å². The van der Waals surface area contributed by atoms with E-state index in [1.165, 1.54) is 31.2 Å². The van der Waals surface area contributed by atoms with E-state index in [1.54, 1.807) is 6.08 Å². The van der Waals surface area contributed by atoms with Gasteiger partial charge < -0.3 is 5.73 Å². The zero-order chi connectivity index (χ0) is 11.8. The molecule has 1 nitrogen and oxygen atoms in total. The van der Waals surface area contributed by atoms with Crippen molar-refractivity contribution in [2.75, 3.05) is 0 Å². The highest BCUT2D eigenvalue weighted by molar-refractivity contribution is 5.21. The molecule has 0 aromatic heterocycles. The molecule has 2 N–H and O–H groups in total. The summed E-state index contributed by atoms with van der Waals surface area (Å²) < 4.78 is 0. The van der Waals surface area contributed by atoms with Crippen LogP contribution in [0.4, 0.5) is 0 Å². The molecule has 0 radical (unpaired) electrons. The van der Waals surface area contributed by atoms with Gasteiger partial charge in [0, 0.05) is 6.04 Å². The van der Waals surface area contributed by atoms with Crippen molar-refractivity contribution in [3.8, 4) is 0 Å². The van der Waals surface area contributed by atoms with Crippen molar-refractivity contribution in [2.24, 2.45) is 5.73 Å². The fourth-order valence-corrected chi connectivity index (χ4v) is 2.27. The first-order valence-electron chi connectivity index (χ1n) is 6.17. The van der Waals surface area contributed by atoms with Gasteiger partial charge >= 0.3 is 0 Å². The highest BCUT2D eigenvalue weighted by Crippen LogP contribution is 2.31. The lowest BCUT2D eigenvalue weighted by molar-refractivity contribution is 0.385. The second kappa shape index (κ2) is 7.24. The molecule has 0 amide bonds. The molecule has 1 aliphatic rings. The van der Waals surface area contributed by atoms with Gasteiger partial charge in [0.2, 0.25) is 0 Å². The summed E-state index contributed by atoms with van der Waals surface area (Å²) in [7, 11) is 0. The Morgan fingerprint density at radius 3 is 2.31 bits per heavy atom. The summed E-state index contributed by atoms with van der Waals surface area (Å²) in [6.45, 7) is 5.25. The summed E-state index contributed by atoms with van der Waals surface area (Å²) in [6.07, 6.45) is 6.86. The van der Waals surface area contributed by atoms with Gasteiger partial charge in [-0.2, -0.15) is 0 Å². The Kier molecular flexibility index (Phi) is 5.87. The van der Waals surface area contributed by atoms with Crippen molar-refractivity contribution in [2.45, 2.75) is 44.6 Å². The molecule has 1 aromatic rings. The molecule has 88 valence electrons. The van der Waals surface area contributed by atoms with Crippen LogP contribution in [0.25, 0.3) is 0 Å². The zero-order valence-corrected chi connectivity index (χ0v) is 10.2. The lowest BCUT2D eigenvalue weighted by atomic mass is 9.80. The average molecular weight is 217 g/mol. The molecule has 0 aliphatic heterocycles. The minimum absolute atomic E-state index is 0.385. The lowest BCUT2D eigenvalue weighted by Gasteiger charge is -2.28. The molecule has 1 saturated carbocycles. The average Bonchev–Trinajstić information content (AvgIpc) is 2.32. The smallest absolute Gasteiger partial charge is 0.0108 e. The molecule has 2 unspecified atom stereocenters. The maximum atomic E-state index is 6.11. The first-order chi connectivity index (χ1) is 7.79. The van der Waals surface area contributed by atoms with Crippen LogP contribution in [-0.2, 0) is 0 Å². The minimum Gasteiger partial charge on any atom is -0.327 e. The van der Waals surface area contributed by atoms with Gasteiger partial charge in [-0.05, 0) is 31.2 Å². The van der Waals surface area contributed by atoms with E-state index in [0.717, 1.165) is 0 Å². The normalized spacial score (nSPS) is 24.1. The molecule has 0 saturated heterocycles. The summed E-state index contributed by atoms with van der Waals surface area (Å²) >= 11 is 0. The van der Waals surface area contributed by atoms with Gasteiger partial charge in [0.1, 0.15) is 0 Å². The van der Waals surface area contributed by atoms with Crippen molar-refractivity contribution in [1.29, 1.82) is 0 Å². The van der Waals surface area contributed by atoms with Gasteiger partial charge in [-0.15, -0.1) is 6.58 Å². The van der Waals surface area contributed by atoms with Crippen molar-refractivity contribution in [3.05, 3.63) is 48.6 Å². The van der Waals surface area contributed by atoms with Crippen LogP contribution in [0.2, 0.25) is 0 Å². The molecule has 0 bridgehead atoms. The van der Waals surface area contributed by atoms with Crippen LogP contribution in [0.15, 0.2) is 43.0 Å². The van der Waals surface area contributed by atoms with Crippen LogP contribution < -0.4 is 5.73 Å². The number of allylic oxidation sites excluding steroid dienone is 1. The van der Waals surface area contributed by atoms with Gasteiger partial charge in [0.25, 0.3) is 0 Å². The van der Waals surface area contributed by atoms with Crippen LogP contribution in [0.1, 0.15) is 44.1 Å². The fraction of sp³-hybridized carbons (Fsp3) is 0.467. The monoisotopic (exact) mass is 217 g/mol. The Labute approximate surface area is 99.4 Å².